The molecular formula is C14H24N4O. The number of nitrogens with zero attached hydrogens (tertiary/aromatic N) is 4. The topological polar surface area (TPSA) is 41.5 Å². The van der Waals surface area contributed by atoms with E-state index >= 15 is 0 Å². The standard InChI is InChI=1S/C14H24N4O/c1-11-10-13(19-4)16-14(15-11)18-8-5-6-12(7-9-18)17(2)3/h10,12H,5-9H2,1-4H3/t12-/m1/s1. The van der Waals surface area contributed by atoms with E-state index in [4.69, 9.17) is 4.74 Å². The van der Waals surface area contributed by atoms with E-state index in [0.29, 0.717) is 11.9 Å². The third kappa shape index (κ3) is 3.56. The van der Waals surface area contributed by atoms with E-state index in [9.17, 15) is 0 Å². The quantitative estimate of drug-likeness (QED) is 0.831. The van der Waals surface area contributed by atoms with Crippen LogP contribution in [0.1, 0.15) is 25.0 Å². The fraction of sp³-hybridized carbons (Fsp3) is 0.714. The molecule has 0 N–H and O–H groups in total. The van der Waals surface area contributed by atoms with Crippen LogP contribution in [0.3, 0.4) is 0 Å². The molecule has 1 aliphatic rings. The molecule has 2 heterocycles. The Kier molecular flexibility index (Phi) is 4.58. The lowest BCUT2D eigenvalue weighted by Gasteiger charge is -2.23. The lowest BCUT2D eigenvalue weighted by molar-refractivity contribution is 0.272. The van der Waals surface area contributed by atoms with Gasteiger partial charge in [-0.2, -0.15) is 4.98 Å². The predicted octanol–water partition coefficient (Wildman–Crippen LogP) is 1.71. The molecule has 5 nitrogen and oxygen atoms in total. The number of hydrogen-bond acceptors (Lipinski definition) is 5. The van der Waals surface area contributed by atoms with Gasteiger partial charge in [-0.3, -0.25) is 0 Å². The first kappa shape index (κ1) is 14.1. The van der Waals surface area contributed by atoms with Crippen LogP contribution in [0.4, 0.5) is 5.95 Å². The van der Waals surface area contributed by atoms with Crippen molar-refractivity contribution < 1.29 is 4.74 Å². The molecule has 0 aliphatic carbocycles. The first-order chi connectivity index (χ1) is 9.10. The summed E-state index contributed by atoms with van der Waals surface area (Å²) in [5, 5.41) is 0. The molecule has 1 saturated heterocycles. The molecular weight excluding hydrogens is 240 g/mol. The Hall–Kier alpha value is -1.36. The zero-order valence-electron chi connectivity index (χ0n) is 12.4. The van der Waals surface area contributed by atoms with Crippen molar-refractivity contribution in [2.45, 2.75) is 32.2 Å². The van der Waals surface area contributed by atoms with Gasteiger partial charge in [-0.1, -0.05) is 0 Å². The Morgan fingerprint density at radius 3 is 2.74 bits per heavy atom. The summed E-state index contributed by atoms with van der Waals surface area (Å²) in [6.07, 6.45) is 3.58. The smallest absolute Gasteiger partial charge is 0.228 e. The molecule has 1 aromatic heterocycles. The fourth-order valence-electron chi connectivity index (χ4n) is 2.57. The summed E-state index contributed by atoms with van der Waals surface area (Å²) in [4.78, 5) is 13.6. The lowest BCUT2D eigenvalue weighted by Crippen LogP contribution is -2.30. The van der Waals surface area contributed by atoms with E-state index in [1.165, 1.54) is 12.8 Å². The van der Waals surface area contributed by atoms with Gasteiger partial charge >= 0.3 is 0 Å². The van der Waals surface area contributed by atoms with Crippen LogP contribution in [0.15, 0.2) is 6.07 Å². The third-order valence-corrected chi connectivity index (χ3v) is 3.74. The van der Waals surface area contributed by atoms with Crippen molar-refractivity contribution in [3.63, 3.8) is 0 Å². The molecule has 1 fully saturated rings. The van der Waals surface area contributed by atoms with Crippen LogP contribution in [0.5, 0.6) is 5.88 Å². The van der Waals surface area contributed by atoms with Gasteiger partial charge in [0.25, 0.3) is 0 Å². The second kappa shape index (κ2) is 6.19. The molecule has 0 radical (unpaired) electrons. The second-order valence-corrected chi connectivity index (χ2v) is 5.39. The maximum atomic E-state index is 5.23. The Bertz CT molecular complexity index is 422. The SMILES string of the molecule is COc1cc(C)nc(N2CCC[C@@H](N(C)C)CC2)n1. The van der Waals surface area contributed by atoms with Crippen LogP contribution in [0.2, 0.25) is 0 Å². The zero-order chi connectivity index (χ0) is 13.8. The molecule has 1 aliphatic heterocycles. The first-order valence-electron chi connectivity index (χ1n) is 6.91. The molecule has 0 spiro atoms. The highest BCUT2D eigenvalue weighted by Gasteiger charge is 2.20. The van der Waals surface area contributed by atoms with Gasteiger partial charge in [0.2, 0.25) is 11.8 Å². The van der Waals surface area contributed by atoms with Crippen LogP contribution in [-0.4, -0.2) is 55.2 Å². The van der Waals surface area contributed by atoms with Gasteiger partial charge in [0, 0.05) is 30.9 Å². The predicted molar refractivity (Wildman–Crippen MR) is 76.9 cm³/mol. The molecule has 1 atom stereocenters. The minimum atomic E-state index is 0.649. The molecule has 106 valence electrons. The van der Waals surface area contributed by atoms with Gasteiger partial charge < -0.3 is 14.5 Å². The molecule has 0 bridgehead atoms. The summed E-state index contributed by atoms with van der Waals surface area (Å²) >= 11 is 0. The van der Waals surface area contributed by atoms with Gasteiger partial charge in [0.15, 0.2) is 0 Å². The highest BCUT2D eigenvalue weighted by molar-refractivity contribution is 5.34. The number of rotatable bonds is 3. The first-order valence-corrected chi connectivity index (χ1v) is 6.91. The van der Waals surface area contributed by atoms with Crippen LogP contribution >= 0.6 is 0 Å². The van der Waals surface area contributed by atoms with Crippen molar-refractivity contribution in [1.29, 1.82) is 0 Å². The van der Waals surface area contributed by atoms with Crippen molar-refractivity contribution in [3.8, 4) is 5.88 Å². The minimum Gasteiger partial charge on any atom is -0.481 e. The van der Waals surface area contributed by atoms with Gasteiger partial charge in [-0.25, -0.2) is 4.98 Å². The maximum Gasteiger partial charge on any atom is 0.228 e. The normalized spacial score (nSPS) is 20.5. The van der Waals surface area contributed by atoms with Crippen molar-refractivity contribution in [3.05, 3.63) is 11.8 Å². The van der Waals surface area contributed by atoms with Gasteiger partial charge in [0.05, 0.1) is 7.11 Å². The van der Waals surface area contributed by atoms with Crippen LogP contribution < -0.4 is 9.64 Å². The van der Waals surface area contributed by atoms with Crippen LogP contribution in [0.25, 0.3) is 0 Å². The molecule has 0 aromatic carbocycles. The van der Waals surface area contributed by atoms with Crippen LogP contribution in [-0.2, 0) is 0 Å². The van der Waals surface area contributed by atoms with E-state index < -0.39 is 0 Å². The fourth-order valence-corrected chi connectivity index (χ4v) is 2.57. The summed E-state index contributed by atoms with van der Waals surface area (Å²) in [5.41, 5.74) is 0.954. The van der Waals surface area contributed by atoms with E-state index in [0.717, 1.165) is 31.2 Å². The number of aromatic nitrogens is 2. The van der Waals surface area contributed by atoms with E-state index in [1.54, 1.807) is 7.11 Å². The summed E-state index contributed by atoms with van der Waals surface area (Å²) in [7, 11) is 5.97. The highest BCUT2D eigenvalue weighted by atomic mass is 16.5. The van der Waals surface area contributed by atoms with Crippen molar-refractivity contribution in [2.75, 3.05) is 39.2 Å². The van der Waals surface area contributed by atoms with Gasteiger partial charge in [-0.05, 0) is 40.3 Å². The molecule has 0 unspecified atom stereocenters. The van der Waals surface area contributed by atoms with E-state index in [-0.39, 0.29) is 0 Å². The number of anilines is 1. The Morgan fingerprint density at radius 1 is 1.26 bits per heavy atom. The van der Waals surface area contributed by atoms with Crippen molar-refractivity contribution in [1.82, 2.24) is 14.9 Å². The van der Waals surface area contributed by atoms with E-state index in [1.807, 2.05) is 13.0 Å². The molecule has 0 saturated carbocycles. The third-order valence-electron chi connectivity index (χ3n) is 3.74. The summed E-state index contributed by atoms with van der Waals surface area (Å²) in [6.45, 7) is 4.01. The number of hydrogen-bond donors (Lipinski definition) is 0. The lowest BCUT2D eigenvalue weighted by atomic mass is 10.1. The molecule has 2 rings (SSSR count). The Balaban J connectivity index is 2.11. The molecule has 0 amide bonds. The minimum absolute atomic E-state index is 0.649. The second-order valence-electron chi connectivity index (χ2n) is 5.39. The van der Waals surface area contributed by atoms with Crippen molar-refractivity contribution >= 4 is 5.95 Å². The number of aryl methyl sites for hydroxylation is 1. The van der Waals surface area contributed by atoms with Crippen LogP contribution in [0, 0.1) is 6.92 Å². The van der Waals surface area contributed by atoms with E-state index in [2.05, 4.69) is 33.9 Å². The zero-order valence-corrected chi connectivity index (χ0v) is 12.4. The monoisotopic (exact) mass is 264 g/mol. The Morgan fingerprint density at radius 2 is 2.05 bits per heavy atom. The molecule has 19 heavy (non-hydrogen) atoms. The maximum absolute atomic E-state index is 5.23. The summed E-state index contributed by atoms with van der Waals surface area (Å²) in [6, 6.07) is 2.53. The molecule has 1 aromatic rings. The summed E-state index contributed by atoms with van der Waals surface area (Å²) < 4.78 is 5.23. The van der Waals surface area contributed by atoms with Gasteiger partial charge in [0.1, 0.15) is 0 Å². The Labute approximate surface area is 115 Å². The van der Waals surface area contributed by atoms with Crippen molar-refractivity contribution in [2.24, 2.45) is 0 Å². The number of methoxy groups -OCH3 is 1. The van der Waals surface area contributed by atoms with Gasteiger partial charge in [-0.15, -0.1) is 0 Å². The average Bonchev–Trinajstić information content (AvgIpc) is 2.63. The molecule has 5 heteroatoms. The highest BCUT2D eigenvalue weighted by Crippen LogP contribution is 2.20. The number of ether oxygens (including phenoxy) is 1. The summed E-state index contributed by atoms with van der Waals surface area (Å²) in [5.74, 6) is 1.45. The average molecular weight is 264 g/mol. The largest absolute Gasteiger partial charge is 0.481 e.